The van der Waals surface area contributed by atoms with Gasteiger partial charge in [-0.05, 0) is 41.3 Å². The summed E-state index contributed by atoms with van der Waals surface area (Å²) in [4.78, 5) is 23.5. The van der Waals surface area contributed by atoms with Crippen molar-refractivity contribution in [1.82, 2.24) is 29.6 Å². The zero-order valence-electron chi connectivity index (χ0n) is 18.6. The molecule has 2 aromatic carbocycles. The molecule has 0 spiro atoms. The minimum atomic E-state index is -0.126. The summed E-state index contributed by atoms with van der Waals surface area (Å²) in [6, 6.07) is 18.3. The van der Waals surface area contributed by atoms with Crippen LogP contribution in [0.4, 0.5) is 0 Å². The summed E-state index contributed by atoms with van der Waals surface area (Å²) in [5, 5.41) is 7.88. The smallest absolute Gasteiger partial charge is 0.272 e. The second-order valence-electron chi connectivity index (χ2n) is 8.00. The molecule has 0 aliphatic heterocycles. The summed E-state index contributed by atoms with van der Waals surface area (Å²) in [5.41, 5.74) is 6.39. The molecule has 0 radical (unpaired) electrons. The van der Waals surface area contributed by atoms with Crippen LogP contribution in [0.3, 0.4) is 0 Å². The highest BCUT2D eigenvalue weighted by Crippen LogP contribution is 2.27. The van der Waals surface area contributed by atoms with Crippen molar-refractivity contribution in [3.63, 3.8) is 0 Å². The molecule has 5 rings (SSSR count). The summed E-state index contributed by atoms with van der Waals surface area (Å²) in [6.45, 7) is 2.61. The van der Waals surface area contributed by atoms with Crippen LogP contribution < -0.4 is 0 Å². The molecule has 3 aromatic heterocycles. The van der Waals surface area contributed by atoms with E-state index >= 15 is 0 Å². The number of nitrogens with zero attached hydrogens (tertiary/aromatic N) is 5. The number of benzene rings is 2. The number of carbonyl (C=O) groups is 1. The van der Waals surface area contributed by atoms with Gasteiger partial charge in [0.15, 0.2) is 5.65 Å². The topological polar surface area (TPSA) is 79.7 Å². The lowest BCUT2D eigenvalue weighted by Crippen LogP contribution is -2.26. The Bertz CT molecular complexity index is 1400. The average molecular weight is 437 g/mol. The second kappa shape index (κ2) is 8.70. The fourth-order valence-corrected chi connectivity index (χ4v) is 4.04. The van der Waals surface area contributed by atoms with E-state index in [2.05, 4.69) is 39.2 Å². The lowest BCUT2D eigenvalue weighted by molar-refractivity contribution is 0.0781. The first-order valence-electron chi connectivity index (χ1n) is 10.9. The molecule has 7 heteroatoms. The number of nitrogens with one attached hydrogen (secondary N) is 1. The van der Waals surface area contributed by atoms with Gasteiger partial charge in [-0.1, -0.05) is 43.3 Å². The quantitative estimate of drug-likeness (QED) is 0.420. The maximum atomic E-state index is 13.3. The predicted molar refractivity (Wildman–Crippen MR) is 128 cm³/mol. The Balaban J connectivity index is 1.39. The molecule has 0 saturated heterocycles. The number of amides is 1. The lowest BCUT2D eigenvalue weighted by Gasteiger charge is -2.17. The number of rotatable bonds is 6. The van der Waals surface area contributed by atoms with Gasteiger partial charge in [-0.15, -0.1) is 0 Å². The largest absolute Gasteiger partial charge is 0.336 e. The number of imidazole rings is 1. The molecule has 7 nitrogen and oxygen atoms in total. The first kappa shape index (κ1) is 20.6. The highest BCUT2D eigenvalue weighted by Gasteiger charge is 2.19. The van der Waals surface area contributed by atoms with Crippen LogP contribution in [0.25, 0.3) is 27.8 Å². The van der Waals surface area contributed by atoms with Gasteiger partial charge in [-0.25, -0.2) is 9.97 Å². The van der Waals surface area contributed by atoms with Gasteiger partial charge in [0.1, 0.15) is 5.69 Å². The Labute approximate surface area is 191 Å². The molecule has 1 amide bonds. The van der Waals surface area contributed by atoms with Gasteiger partial charge in [0.2, 0.25) is 0 Å². The third kappa shape index (κ3) is 4.01. The molecule has 33 heavy (non-hydrogen) atoms. The first-order valence-corrected chi connectivity index (χ1v) is 10.9. The third-order valence-electron chi connectivity index (χ3n) is 5.84. The fourth-order valence-electron chi connectivity index (χ4n) is 4.04. The molecule has 0 saturated carbocycles. The molecule has 164 valence electrons. The number of aromatic amines is 1. The van der Waals surface area contributed by atoms with E-state index < -0.39 is 0 Å². The molecular weight excluding hydrogens is 412 g/mol. The summed E-state index contributed by atoms with van der Waals surface area (Å²) >= 11 is 0. The summed E-state index contributed by atoms with van der Waals surface area (Å²) in [5.74, 6) is -0.126. The van der Waals surface area contributed by atoms with Crippen LogP contribution in [-0.2, 0) is 13.0 Å². The third-order valence-corrected chi connectivity index (χ3v) is 5.84. The predicted octanol–water partition coefficient (Wildman–Crippen LogP) is 4.65. The van der Waals surface area contributed by atoms with E-state index in [0.29, 0.717) is 17.9 Å². The lowest BCUT2D eigenvalue weighted by atomic mass is 9.98. The van der Waals surface area contributed by atoms with Gasteiger partial charge in [-0.2, -0.15) is 5.10 Å². The summed E-state index contributed by atoms with van der Waals surface area (Å²) in [7, 11) is 1.79. The van der Waals surface area contributed by atoms with Gasteiger partial charge in [0.05, 0.1) is 11.7 Å². The van der Waals surface area contributed by atoms with Gasteiger partial charge >= 0.3 is 0 Å². The SMILES string of the molecule is CCc1ccccc1-c1cnc2n[nH]c(C(=O)N(C)Cc3ccc(-n4ccnc4)cc3)c2c1. The normalized spacial score (nSPS) is 11.1. The number of H-pyrrole nitrogens is 1. The number of hydrogen-bond acceptors (Lipinski definition) is 4. The van der Waals surface area contributed by atoms with Crippen molar-refractivity contribution in [3.05, 3.63) is 96.3 Å². The number of aryl methyl sites for hydroxylation is 1. The highest BCUT2D eigenvalue weighted by molar-refractivity contribution is 6.04. The molecule has 3 heterocycles. The van der Waals surface area contributed by atoms with Crippen molar-refractivity contribution in [2.45, 2.75) is 19.9 Å². The number of carbonyl (C=O) groups excluding carboxylic acids is 1. The van der Waals surface area contributed by atoms with Crippen molar-refractivity contribution in [3.8, 4) is 16.8 Å². The minimum Gasteiger partial charge on any atom is -0.336 e. The Morgan fingerprint density at radius 3 is 2.70 bits per heavy atom. The van der Waals surface area contributed by atoms with Crippen LogP contribution in [0.5, 0.6) is 0 Å². The molecule has 5 aromatic rings. The van der Waals surface area contributed by atoms with Crippen molar-refractivity contribution in [2.24, 2.45) is 0 Å². The number of aromatic nitrogens is 5. The Morgan fingerprint density at radius 2 is 1.94 bits per heavy atom. The molecule has 0 bridgehead atoms. The van der Waals surface area contributed by atoms with Crippen molar-refractivity contribution in [2.75, 3.05) is 7.05 Å². The zero-order chi connectivity index (χ0) is 22.8. The molecule has 0 fully saturated rings. The molecule has 1 N–H and O–H groups in total. The van der Waals surface area contributed by atoms with E-state index in [4.69, 9.17) is 0 Å². The van der Waals surface area contributed by atoms with Crippen LogP contribution >= 0.6 is 0 Å². The first-order chi connectivity index (χ1) is 16.1. The molecular formula is C26H24N6O. The van der Waals surface area contributed by atoms with Crippen LogP contribution in [0.15, 0.2) is 79.5 Å². The highest BCUT2D eigenvalue weighted by atomic mass is 16.2. The summed E-state index contributed by atoms with van der Waals surface area (Å²) < 4.78 is 1.94. The minimum absolute atomic E-state index is 0.126. The van der Waals surface area contributed by atoms with Gasteiger partial charge in [0, 0.05) is 43.4 Å². The molecule has 0 aliphatic rings. The second-order valence-corrected chi connectivity index (χ2v) is 8.00. The standard InChI is InChI=1S/C26H24N6O/c1-3-19-6-4-5-7-22(19)20-14-23-24(29-30-25(23)28-15-20)26(33)31(2)16-18-8-10-21(11-9-18)32-13-12-27-17-32/h4-15,17H,3,16H2,1-2H3,(H,28,29,30). The Kier molecular flexibility index (Phi) is 5.44. The number of fused-ring (bicyclic) bond motifs is 1. The van der Waals surface area contributed by atoms with Crippen LogP contribution in [0, 0.1) is 0 Å². The monoisotopic (exact) mass is 436 g/mol. The van der Waals surface area contributed by atoms with Crippen molar-refractivity contribution in [1.29, 1.82) is 0 Å². The van der Waals surface area contributed by atoms with E-state index in [1.165, 1.54) is 5.56 Å². The number of hydrogen-bond donors (Lipinski definition) is 1. The molecule has 0 unspecified atom stereocenters. The van der Waals surface area contributed by atoms with Crippen LogP contribution in [0.2, 0.25) is 0 Å². The van der Waals surface area contributed by atoms with E-state index in [1.54, 1.807) is 24.5 Å². The fraction of sp³-hybridized carbons (Fsp3) is 0.154. The Hall–Kier alpha value is -4.26. The number of pyridine rings is 1. The van der Waals surface area contributed by atoms with Crippen LogP contribution in [0.1, 0.15) is 28.5 Å². The van der Waals surface area contributed by atoms with Gasteiger partial charge in [-0.3, -0.25) is 9.89 Å². The van der Waals surface area contributed by atoms with E-state index in [1.807, 2.05) is 59.4 Å². The summed E-state index contributed by atoms with van der Waals surface area (Å²) in [6.07, 6.45) is 8.14. The van der Waals surface area contributed by atoms with Gasteiger partial charge in [0.25, 0.3) is 5.91 Å². The van der Waals surface area contributed by atoms with E-state index in [0.717, 1.165) is 34.2 Å². The van der Waals surface area contributed by atoms with E-state index in [9.17, 15) is 4.79 Å². The van der Waals surface area contributed by atoms with Crippen molar-refractivity contribution >= 4 is 16.9 Å². The van der Waals surface area contributed by atoms with Crippen molar-refractivity contribution < 1.29 is 4.79 Å². The van der Waals surface area contributed by atoms with E-state index in [-0.39, 0.29) is 5.91 Å². The van der Waals surface area contributed by atoms with Crippen LogP contribution in [-0.4, -0.2) is 42.6 Å². The maximum absolute atomic E-state index is 13.3. The van der Waals surface area contributed by atoms with Gasteiger partial charge < -0.3 is 9.47 Å². The molecule has 0 atom stereocenters. The average Bonchev–Trinajstić information content (AvgIpc) is 3.54. The maximum Gasteiger partial charge on any atom is 0.272 e. The molecule has 0 aliphatic carbocycles. The zero-order valence-corrected chi connectivity index (χ0v) is 18.6. The Morgan fingerprint density at radius 1 is 1.12 bits per heavy atom.